The van der Waals surface area contributed by atoms with Gasteiger partial charge in [0.05, 0.1) is 10.6 Å². The van der Waals surface area contributed by atoms with Crippen LogP contribution in [0.3, 0.4) is 0 Å². The topological polar surface area (TPSA) is 68.0 Å². The predicted molar refractivity (Wildman–Crippen MR) is 118 cm³/mol. The first-order chi connectivity index (χ1) is 13.2. The van der Waals surface area contributed by atoms with E-state index in [0.717, 1.165) is 48.0 Å². The molecular formula is C20H20BrN3O3S. The molecule has 2 aromatic carbocycles. The molecule has 8 heteroatoms. The van der Waals surface area contributed by atoms with Gasteiger partial charge >= 0.3 is 0 Å². The quantitative estimate of drug-likeness (QED) is 0.449. The number of ether oxygens (including phenoxy) is 1. The number of nitro benzene ring substituents is 1. The number of nitro groups is 1. The Hall–Kier alpha value is -2.32. The third-order valence-corrected chi connectivity index (χ3v) is 5.44. The Morgan fingerprint density at radius 3 is 2.57 bits per heavy atom. The molecule has 6 nitrogen and oxygen atoms in total. The summed E-state index contributed by atoms with van der Waals surface area (Å²) in [5, 5.41) is 14.0. The molecule has 0 amide bonds. The van der Waals surface area contributed by atoms with Gasteiger partial charge in [0.15, 0.2) is 5.17 Å². The van der Waals surface area contributed by atoms with E-state index in [4.69, 9.17) is 4.74 Å². The number of amidine groups is 1. The van der Waals surface area contributed by atoms with E-state index in [1.165, 1.54) is 17.8 Å². The lowest BCUT2D eigenvalue weighted by atomic mass is 10.1. The number of nitrogens with zero attached hydrogens (tertiary/aromatic N) is 3. The number of benzene rings is 2. The minimum absolute atomic E-state index is 0. The van der Waals surface area contributed by atoms with Gasteiger partial charge in [0.1, 0.15) is 12.4 Å². The fraction of sp³-hybridized carbons (Fsp3) is 0.250. The molecule has 2 aromatic rings. The Bertz CT molecular complexity index is 898. The van der Waals surface area contributed by atoms with Gasteiger partial charge in [-0.05, 0) is 60.4 Å². The van der Waals surface area contributed by atoms with E-state index in [2.05, 4.69) is 27.4 Å². The largest absolute Gasteiger partial charge is 0.489 e. The average molecular weight is 462 g/mol. The van der Waals surface area contributed by atoms with Crippen LogP contribution < -0.4 is 4.74 Å². The number of aliphatic imine (C=N–C) groups is 1. The van der Waals surface area contributed by atoms with Crippen LogP contribution >= 0.6 is 28.7 Å². The highest BCUT2D eigenvalue weighted by atomic mass is 79.9. The lowest BCUT2D eigenvalue weighted by Crippen LogP contribution is -2.23. The van der Waals surface area contributed by atoms with Gasteiger partial charge in [-0.3, -0.25) is 15.1 Å². The maximum atomic E-state index is 10.7. The van der Waals surface area contributed by atoms with Crippen LogP contribution in [0.4, 0.5) is 5.69 Å². The molecule has 0 unspecified atom stereocenters. The summed E-state index contributed by atoms with van der Waals surface area (Å²) in [6.07, 6.45) is 2.30. The number of hydrogen-bond donors (Lipinski definition) is 0. The molecule has 0 saturated carbocycles. The molecular weight excluding hydrogens is 442 g/mol. The van der Waals surface area contributed by atoms with Gasteiger partial charge in [-0.15, -0.1) is 17.0 Å². The van der Waals surface area contributed by atoms with Crippen molar-refractivity contribution in [1.29, 1.82) is 0 Å². The number of rotatable bonds is 5. The highest BCUT2D eigenvalue weighted by molar-refractivity contribution is 8.93. The van der Waals surface area contributed by atoms with Crippen LogP contribution in [0.1, 0.15) is 24.0 Å². The Kier molecular flexibility index (Phi) is 6.74. The highest BCUT2D eigenvalue weighted by Crippen LogP contribution is 2.35. The summed E-state index contributed by atoms with van der Waals surface area (Å²) in [5.74, 6) is 0.771. The van der Waals surface area contributed by atoms with E-state index >= 15 is 0 Å². The maximum Gasteiger partial charge on any atom is 0.269 e. The third kappa shape index (κ3) is 4.56. The van der Waals surface area contributed by atoms with Crippen LogP contribution in [0.15, 0.2) is 58.9 Å². The zero-order chi connectivity index (χ0) is 18.6. The fourth-order valence-corrected chi connectivity index (χ4v) is 4.02. The van der Waals surface area contributed by atoms with Gasteiger partial charge in [0.25, 0.3) is 5.69 Å². The Morgan fingerprint density at radius 2 is 1.86 bits per heavy atom. The molecule has 28 heavy (non-hydrogen) atoms. The van der Waals surface area contributed by atoms with Crippen LogP contribution in [-0.4, -0.2) is 28.1 Å². The Morgan fingerprint density at radius 1 is 1.11 bits per heavy atom. The summed E-state index contributed by atoms with van der Waals surface area (Å²) >= 11 is 1.69. The molecule has 0 fully saturated rings. The van der Waals surface area contributed by atoms with Crippen LogP contribution in [-0.2, 0) is 6.61 Å². The summed E-state index contributed by atoms with van der Waals surface area (Å²) in [7, 11) is 0. The Labute approximate surface area is 178 Å². The Balaban J connectivity index is 0.00000225. The van der Waals surface area contributed by atoms with Crippen molar-refractivity contribution in [2.24, 2.45) is 4.99 Å². The van der Waals surface area contributed by atoms with Crippen molar-refractivity contribution in [1.82, 2.24) is 4.90 Å². The van der Waals surface area contributed by atoms with E-state index in [1.807, 2.05) is 12.1 Å². The number of thioether (sulfide) groups is 1. The van der Waals surface area contributed by atoms with Crippen molar-refractivity contribution < 1.29 is 9.66 Å². The molecule has 4 rings (SSSR count). The SMILES string of the molecule is Br.O=[N+]([O-])c1ccc(COc2ccc(C3=CSC4=NCCCCN34)cc2)cc1. The minimum Gasteiger partial charge on any atom is -0.489 e. The number of hydrogen-bond acceptors (Lipinski definition) is 6. The molecule has 0 atom stereocenters. The number of non-ortho nitro benzene ring substituents is 1. The number of halogens is 1. The monoisotopic (exact) mass is 461 g/mol. The molecule has 0 radical (unpaired) electrons. The van der Waals surface area contributed by atoms with Gasteiger partial charge < -0.3 is 9.64 Å². The maximum absolute atomic E-state index is 10.7. The molecule has 0 bridgehead atoms. The first-order valence-corrected chi connectivity index (χ1v) is 9.74. The van der Waals surface area contributed by atoms with Gasteiger partial charge in [-0.2, -0.15) is 0 Å². The average Bonchev–Trinajstić information content (AvgIpc) is 2.95. The lowest BCUT2D eigenvalue weighted by Gasteiger charge is -2.21. The summed E-state index contributed by atoms with van der Waals surface area (Å²) in [5.41, 5.74) is 3.33. The second kappa shape index (κ2) is 9.25. The molecule has 0 aromatic heterocycles. The van der Waals surface area contributed by atoms with E-state index in [9.17, 15) is 10.1 Å². The summed E-state index contributed by atoms with van der Waals surface area (Å²) < 4.78 is 5.80. The predicted octanol–water partition coefficient (Wildman–Crippen LogP) is 5.25. The molecule has 2 heterocycles. The molecule has 0 spiro atoms. The standard InChI is InChI=1S/C20H19N3O3S.BrH/c24-23(25)17-7-3-15(4-8-17)13-26-18-9-5-16(6-10-18)19-14-27-20-21-11-1-2-12-22(19)20;/h3-10,14H,1-2,11-13H2;1H. The van der Waals surface area contributed by atoms with Crippen molar-refractivity contribution in [3.63, 3.8) is 0 Å². The zero-order valence-corrected chi connectivity index (χ0v) is 17.6. The lowest BCUT2D eigenvalue weighted by molar-refractivity contribution is -0.384. The smallest absolute Gasteiger partial charge is 0.269 e. The molecule has 0 aliphatic carbocycles. The van der Waals surface area contributed by atoms with Crippen LogP contribution in [0.5, 0.6) is 5.75 Å². The summed E-state index contributed by atoms with van der Waals surface area (Å²) in [6.45, 7) is 2.30. The van der Waals surface area contributed by atoms with Gasteiger partial charge in [0.2, 0.25) is 0 Å². The highest BCUT2D eigenvalue weighted by Gasteiger charge is 2.24. The van der Waals surface area contributed by atoms with Crippen molar-refractivity contribution in [2.75, 3.05) is 13.1 Å². The van der Waals surface area contributed by atoms with Crippen LogP contribution in [0.2, 0.25) is 0 Å². The normalized spacial score (nSPS) is 15.6. The van der Waals surface area contributed by atoms with Crippen LogP contribution in [0, 0.1) is 10.1 Å². The minimum atomic E-state index is -0.403. The second-order valence-corrected chi connectivity index (χ2v) is 7.22. The van der Waals surface area contributed by atoms with Crippen molar-refractivity contribution in [3.05, 3.63) is 75.2 Å². The first-order valence-electron chi connectivity index (χ1n) is 8.86. The van der Waals surface area contributed by atoms with E-state index < -0.39 is 4.92 Å². The molecule has 2 aliphatic heterocycles. The van der Waals surface area contributed by atoms with E-state index in [-0.39, 0.29) is 22.7 Å². The number of fused-ring (bicyclic) bond motifs is 1. The van der Waals surface area contributed by atoms with Gasteiger partial charge in [-0.1, -0.05) is 11.8 Å². The first kappa shape index (κ1) is 20.4. The third-order valence-electron chi connectivity index (χ3n) is 4.54. The second-order valence-electron chi connectivity index (χ2n) is 6.38. The van der Waals surface area contributed by atoms with Crippen LogP contribution in [0.25, 0.3) is 5.70 Å². The van der Waals surface area contributed by atoms with Crippen molar-refractivity contribution in [2.45, 2.75) is 19.4 Å². The summed E-state index contributed by atoms with van der Waals surface area (Å²) in [4.78, 5) is 17.2. The molecule has 2 aliphatic rings. The van der Waals surface area contributed by atoms with Gasteiger partial charge in [-0.25, -0.2) is 0 Å². The molecule has 0 N–H and O–H groups in total. The zero-order valence-electron chi connectivity index (χ0n) is 15.1. The van der Waals surface area contributed by atoms with E-state index in [0.29, 0.717) is 6.61 Å². The van der Waals surface area contributed by atoms with E-state index in [1.54, 1.807) is 23.9 Å². The van der Waals surface area contributed by atoms with Gasteiger partial charge in [0, 0.05) is 30.6 Å². The van der Waals surface area contributed by atoms with Crippen molar-refractivity contribution >= 4 is 45.3 Å². The summed E-state index contributed by atoms with van der Waals surface area (Å²) in [6, 6.07) is 14.5. The fourth-order valence-electron chi connectivity index (χ4n) is 3.06. The van der Waals surface area contributed by atoms with Crippen molar-refractivity contribution in [3.8, 4) is 5.75 Å². The molecule has 0 saturated heterocycles. The molecule has 146 valence electrons.